The normalized spacial score (nSPS) is 12.3. The third-order valence-electron chi connectivity index (χ3n) is 2.49. The van der Waals surface area contributed by atoms with Crippen LogP contribution in [0.4, 0.5) is 0 Å². The Morgan fingerprint density at radius 3 is 2.89 bits per heavy atom. The van der Waals surface area contributed by atoms with Crippen molar-refractivity contribution in [2.75, 3.05) is 13.7 Å². The molecule has 1 aromatic rings. The minimum Gasteiger partial charge on any atom is -0.494 e. The van der Waals surface area contributed by atoms with Gasteiger partial charge in [-0.2, -0.15) is 0 Å². The lowest BCUT2D eigenvalue weighted by Crippen LogP contribution is -2.33. The monoisotopic (exact) mass is 252 g/mol. The van der Waals surface area contributed by atoms with Gasteiger partial charge in [-0.25, -0.2) is 0 Å². The van der Waals surface area contributed by atoms with Gasteiger partial charge in [-0.15, -0.1) is 0 Å². The molecule has 1 unspecified atom stereocenters. The topological polar surface area (TPSA) is 71.5 Å². The zero-order valence-electron chi connectivity index (χ0n) is 11.0. The van der Waals surface area contributed by atoms with E-state index < -0.39 is 6.10 Å². The van der Waals surface area contributed by atoms with Gasteiger partial charge in [0.25, 0.3) is 5.91 Å². The zero-order valence-corrected chi connectivity index (χ0v) is 11.0. The van der Waals surface area contributed by atoms with Gasteiger partial charge in [0.1, 0.15) is 5.75 Å². The maximum absolute atomic E-state index is 11.9. The largest absolute Gasteiger partial charge is 0.494 e. The molecule has 0 saturated heterocycles. The number of carbonyl (C=O) groups is 1. The minimum atomic E-state index is -0.526. The Hall–Kier alpha value is -1.62. The first-order valence-electron chi connectivity index (χ1n) is 5.98. The number of aromatic nitrogens is 1. The van der Waals surface area contributed by atoms with E-state index in [1.165, 1.54) is 19.5 Å². The van der Waals surface area contributed by atoms with E-state index in [0.29, 0.717) is 23.7 Å². The van der Waals surface area contributed by atoms with Gasteiger partial charge < -0.3 is 15.2 Å². The first-order chi connectivity index (χ1) is 8.54. The van der Waals surface area contributed by atoms with E-state index in [4.69, 9.17) is 4.74 Å². The predicted molar refractivity (Wildman–Crippen MR) is 68.6 cm³/mol. The lowest BCUT2D eigenvalue weighted by atomic mass is 10.1. The SMILES string of the molecule is COc1cnccc1C(=O)NCC(O)CC(C)C. The van der Waals surface area contributed by atoms with Crippen LogP contribution < -0.4 is 10.1 Å². The van der Waals surface area contributed by atoms with E-state index in [-0.39, 0.29) is 12.5 Å². The molecule has 0 aliphatic carbocycles. The van der Waals surface area contributed by atoms with Crippen molar-refractivity contribution in [3.05, 3.63) is 24.0 Å². The highest BCUT2D eigenvalue weighted by Crippen LogP contribution is 2.15. The molecule has 18 heavy (non-hydrogen) atoms. The third kappa shape index (κ3) is 4.33. The number of methoxy groups -OCH3 is 1. The standard InChI is InChI=1S/C13H20N2O3/c1-9(2)6-10(16)7-15-13(17)11-4-5-14-8-12(11)18-3/h4-5,8-10,16H,6-7H2,1-3H3,(H,15,17). The lowest BCUT2D eigenvalue weighted by Gasteiger charge is -2.14. The molecule has 1 atom stereocenters. The van der Waals surface area contributed by atoms with Gasteiger partial charge in [-0.3, -0.25) is 9.78 Å². The molecule has 0 aliphatic rings. The summed E-state index contributed by atoms with van der Waals surface area (Å²) in [6.45, 7) is 4.29. The molecule has 0 aromatic carbocycles. The highest BCUT2D eigenvalue weighted by molar-refractivity contribution is 5.96. The molecule has 1 aromatic heterocycles. The first kappa shape index (κ1) is 14.4. The Labute approximate surface area is 107 Å². The summed E-state index contributed by atoms with van der Waals surface area (Å²) < 4.78 is 5.05. The van der Waals surface area contributed by atoms with E-state index >= 15 is 0 Å². The Morgan fingerprint density at radius 2 is 2.28 bits per heavy atom. The maximum Gasteiger partial charge on any atom is 0.255 e. The van der Waals surface area contributed by atoms with Crippen LogP contribution in [0, 0.1) is 5.92 Å². The second-order valence-corrected chi connectivity index (χ2v) is 4.57. The van der Waals surface area contributed by atoms with Gasteiger partial charge in [0.15, 0.2) is 0 Å². The second-order valence-electron chi connectivity index (χ2n) is 4.57. The number of amides is 1. The van der Waals surface area contributed by atoms with Crippen molar-refractivity contribution >= 4 is 5.91 Å². The average molecular weight is 252 g/mol. The summed E-state index contributed by atoms with van der Waals surface area (Å²) >= 11 is 0. The number of rotatable bonds is 6. The number of nitrogens with zero attached hydrogens (tertiary/aromatic N) is 1. The van der Waals surface area contributed by atoms with Crippen LogP contribution in [0.1, 0.15) is 30.6 Å². The Morgan fingerprint density at radius 1 is 1.56 bits per heavy atom. The van der Waals surface area contributed by atoms with E-state index in [0.717, 1.165) is 0 Å². The molecule has 1 heterocycles. The van der Waals surface area contributed by atoms with E-state index in [9.17, 15) is 9.90 Å². The first-order valence-corrected chi connectivity index (χ1v) is 5.98. The van der Waals surface area contributed by atoms with Crippen molar-refractivity contribution in [2.45, 2.75) is 26.4 Å². The van der Waals surface area contributed by atoms with Crippen LogP contribution in [0.25, 0.3) is 0 Å². The number of pyridine rings is 1. The van der Waals surface area contributed by atoms with Crippen LogP contribution in [0.5, 0.6) is 5.75 Å². The van der Waals surface area contributed by atoms with E-state index in [1.54, 1.807) is 6.07 Å². The van der Waals surface area contributed by atoms with E-state index in [1.807, 2.05) is 13.8 Å². The summed E-state index contributed by atoms with van der Waals surface area (Å²) in [4.78, 5) is 15.8. The minimum absolute atomic E-state index is 0.239. The van der Waals surface area contributed by atoms with Gasteiger partial charge in [-0.1, -0.05) is 13.8 Å². The van der Waals surface area contributed by atoms with Crippen LogP contribution in [-0.4, -0.2) is 35.8 Å². The van der Waals surface area contributed by atoms with Crippen LogP contribution in [0.3, 0.4) is 0 Å². The second kappa shape index (κ2) is 6.96. The van der Waals surface area contributed by atoms with Crippen molar-refractivity contribution < 1.29 is 14.6 Å². The maximum atomic E-state index is 11.9. The molecule has 0 aliphatic heterocycles. The number of aliphatic hydroxyl groups is 1. The van der Waals surface area contributed by atoms with Gasteiger partial charge in [0.2, 0.25) is 0 Å². The van der Waals surface area contributed by atoms with Crippen LogP contribution in [0.2, 0.25) is 0 Å². The summed E-state index contributed by atoms with van der Waals surface area (Å²) in [6.07, 6.45) is 3.15. The summed E-state index contributed by atoms with van der Waals surface area (Å²) in [5.41, 5.74) is 0.421. The smallest absolute Gasteiger partial charge is 0.255 e. The Bertz CT molecular complexity index is 394. The molecule has 5 nitrogen and oxygen atoms in total. The molecule has 0 spiro atoms. The van der Waals surface area contributed by atoms with Crippen molar-refractivity contribution in [1.29, 1.82) is 0 Å². The summed E-state index contributed by atoms with van der Waals surface area (Å²) in [5, 5.41) is 12.4. The van der Waals surface area contributed by atoms with Crippen molar-refractivity contribution in [3.8, 4) is 5.75 Å². The Kier molecular flexibility index (Phi) is 5.58. The number of hydrogen-bond acceptors (Lipinski definition) is 4. The van der Waals surface area contributed by atoms with Crippen LogP contribution >= 0.6 is 0 Å². The fraction of sp³-hybridized carbons (Fsp3) is 0.538. The fourth-order valence-electron chi connectivity index (χ4n) is 1.66. The number of hydrogen-bond donors (Lipinski definition) is 2. The molecule has 1 amide bonds. The van der Waals surface area contributed by atoms with Crippen molar-refractivity contribution in [1.82, 2.24) is 10.3 Å². The molecule has 5 heteroatoms. The van der Waals surface area contributed by atoms with Gasteiger partial charge in [0.05, 0.1) is 25.0 Å². The molecule has 100 valence electrons. The van der Waals surface area contributed by atoms with Crippen molar-refractivity contribution in [3.63, 3.8) is 0 Å². The number of aliphatic hydroxyl groups excluding tert-OH is 1. The molecule has 2 N–H and O–H groups in total. The average Bonchev–Trinajstić information content (AvgIpc) is 2.35. The van der Waals surface area contributed by atoms with E-state index in [2.05, 4.69) is 10.3 Å². The number of ether oxygens (including phenoxy) is 1. The summed E-state index contributed by atoms with van der Waals surface area (Å²) in [6, 6.07) is 1.59. The van der Waals surface area contributed by atoms with Gasteiger partial charge in [0, 0.05) is 12.7 Å². The molecule has 0 saturated carbocycles. The highest BCUT2D eigenvalue weighted by atomic mass is 16.5. The molecular formula is C13H20N2O3. The fourth-order valence-corrected chi connectivity index (χ4v) is 1.66. The van der Waals surface area contributed by atoms with Gasteiger partial charge >= 0.3 is 0 Å². The highest BCUT2D eigenvalue weighted by Gasteiger charge is 2.13. The molecule has 1 rings (SSSR count). The molecule has 0 radical (unpaired) electrons. The predicted octanol–water partition coefficient (Wildman–Crippen LogP) is 1.23. The summed E-state index contributed by atoms with van der Waals surface area (Å²) in [7, 11) is 1.49. The van der Waals surface area contributed by atoms with Crippen molar-refractivity contribution in [2.24, 2.45) is 5.92 Å². The Balaban J connectivity index is 2.55. The molecular weight excluding hydrogens is 232 g/mol. The number of carbonyl (C=O) groups excluding carboxylic acids is 1. The number of nitrogens with one attached hydrogen (secondary N) is 1. The van der Waals surface area contributed by atoms with Crippen LogP contribution in [-0.2, 0) is 0 Å². The molecule has 0 fully saturated rings. The van der Waals surface area contributed by atoms with Gasteiger partial charge in [-0.05, 0) is 18.4 Å². The quantitative estimate of drug-likeness (QED) is 0.798. The lowest BCUT2D eigenvalue weighted by molar-refractivity contribution is 0.0897. The molecule has 0 bridgehead atoms. The summed E-state index contributed by atoms with van der Waals surface area (Å²) in [5.74, 6) is 0.553. The zero-order chi connectivity index (χ0) is 13.5. The van der Waals surface area contributed by atoms with Crippen LogP contribution in [0.15, 0.2) is 18.5 Å². The third-order valence-corrected chi connectivity index (χ3v) is 2.49.